The van der Waals surface area contributed by atoms with Gasteiger partial charge in [-0.05, 0) is 69.7 Å². The Hall–Kier alpha value is -4.07. The summed E-state index contributed by atoms with van der Waals surface area (Å²) in [5.74, 6) is 0.855. The molecule has 1 fully saturated rings. The van der Waals surface area contributed by atoms with Crippen LogP contribution >= 0.6 is 0 Å². The minimum absolute atomic E-state index is 0.0839. The summed E-state index contributed by atoms with van der Waals surface area (Å²) in [5, 5.41) is 2.90. The second-order valence-corrected chi connectivity index (χ2v) is 9.78. The van der Waals surface area contributed by atoms with E-state index in [4.69, 9.17) is 9.47 Å². The lowest BCUT2D eigenvalue weighted by Crippen LogP contribution is -2.42. The fourth-order valence-corrected chi connectivity index (χ4v) is 3.92. The topological polar surface area (TPSA) is 84.0 Å². The monoisotopic (exact) mass is 488 g/mol. The van der Waals surface area contributed by atoms with Gasteiger partial charge in [-0.1, -0.05) is 18.2 Å². The number of para-hydroxylation sites is 1. The molecule has 0 bridgehead atoms. The average molecular weight is 489 g/mol. The fourth-order valence-electron chi connectivity index (χ4n) is 3.92. The smallest absolute Gasteiger partial charge is 0.410 e. The third kappa shape index (κ3) is 6.53. The largest absolute Gasteiger partial charge is 0.444 e. The molecule has 0 spiro atoms. The van der Waals surface area contributed by atoms with E-state index in [1.807, 2.05) is 75.4 Å². The molecule has 8 heteroatoms. The molecule has 1 unspecified atom stereocenters. The second-order valence-electron chi connectivity index (χ2n) is 9.78. The lowest BCUT2D eigenvalue weighted by Gasteiger charge is -2.28. The summed E-state index contributed by atoms with van der Waals surface area (Å²) in [6, 6.07) is 20.5. The van der Waals surface area contributed by atoms with Crippen molar-refractivity contribution in [2.45, 2.75) is 38.8 Å². The van der Waals surface area contributed by atoms with Crippen LogP contribution in [0.25, 0.3) is 0 Å². The highest BCUT2D eigenvalue weighted by atomic mass is 16.6. The van der Waals surface area contributed by atoms with E-state index >= 15 is 0 Å². The number of nitrogens with zero attached hydrogens (tertiary/aromatic N) is 3. The van der Waals surface area contributed by atoms with E-state index in [1.54, 1.807) is 24.1 Å². The van der Waals surface area contributed by atoms with Gasteiger partial charge in [0, 0.05) is 43.8 Å². The van der Waals surface area contributed by atoms with Crippen molar-refractivity contribution in [2.75, 3.05) is 30.4 Å². The molecule has 4 rings (SSSR count). The van der Waals surface area contributed by atoms with Gasteiger partial charge in [0.2, 0.25) is 5.88 Å². The number of anilines is 2. The van der Waals surface area contributed by atoms with E-state index in [1.165, 1.54) is 6.20 Å². The molecule has 8 nitrogen and oxygen atoms in total. The van der Waals surface area contributed by atoms with Gasteiger partial charge in [-0.2, -0.15) is 0 Å². The number of ether oxygens (including phenoxy) is 2. The molecule has 2 heterocycles. The lowest BCUT2D eigenvalue weighted by molar-refractivity contribution is 0.0237. The number of nitrogens with one attached hydrogen (secondary N) is 1. The van der Waals surface area contributed by atoms with Crippen molar-refractivity contribution in [3.05, 3.63) is 78.5 Å². The van der Waals surface area contributed by atoms with E-state index in [0.717, 1.165) is 25.2 Å². The summed E-state index contributed by atoms with van der Waals surface area (Å²) in [6.45, 7) is 7.17. The van der Waals surface area contributed by atoms with E-state index in [0.29, 0.717) is 22.9 Å². The predicted molar refractivity (Wildman–Crippen MR) is 140 cm³/mol. The number of hydrogen-bond donors (Lipinski definition) is 1. The van der Waals surface area contributed by atoms with Gasteiger partial charge in [0.05, 0.1) is 11.6 Å². The van der Waals surface area contributed by atoms with Gasteiger partial charge in [-0.15, -0.1) is 0 Å². The number of hydrogen-bond acceptors (Lipinski definition) is 6. The van der Waals surface area contributed by atoms with Crippen LogP contribution in [-0.4, -0.2) is 53.7 Å². The Labute approximate surface area is 211 Å². The van der Waals surface area contributed by atoms with E-state index in [-0.39, 0.29) is 18.0 Å². The number of carbonyl (C=O) groups excluding carboxylic acids is 2. The maximum atomic E-state index is 12.7. The second kappa shape index (κ2) is 10.7. The number of likely N-dealkylation sites (N-methyl/N-ethyl adjacent to an activating group) is 1. The summed E-state index contributed by atoms with van der Waals surface area (Å²) in [7, 11) is 1.79. The molecule has 0 radical (unpaired) electrons. The Morgan fingerprint density at radius 1 is 1.03 bits per heavy atom. The zero-order valence-electron chi connectivity index (χ0n) is 21.1. The molecule has 1 N–H and O–H groups in total. The van der Waals surface area contributed by atoms with Crippen LogP contribution in [0.5, 0.6) is 11.6 Å². The molecular weight excluding hydrogens is 456 g/mol. The Bertz CT molecular complexity index is 1170. The van der Waals surface area contributed by atoms with E-state index < -0.39 is 5.60 Å². The van der Waals surface area contributed by atoms with Crippen molar-refractivity contribution in [3.8, 4) is 11.6 Å². The molecule has 1 atom stereocenters. The third-order valence-corrected chi connectivity index (χ3v) is 5.85. The van der Waals surface area contributed by atoms with Gasteiger partial charge in [-0.3, -0.25) is 4.79 Å². The number of carbonyl (C=O) groups is 2. The average Bonchev–Trinajstić information content (AvgIpc) is 3.34. The zero-order valence-corrected chi connectivity index (χ0v) is 21.1. The van der Waals surface area contributed by atoms with E-state index in [9.17, 15) is 9.59 Å². The molecule has 0 aliphatic carbocycles. The van der Waals surface area contributed by atoms with Crippen LogP contribution in [-0.2, 0) is 4.74 Å². The van der Waals surface area contributed by atoms with Crippen LogP contribution in [0.3, 0.4) is 0 Å². The lowest BCUT2D eigenvalue weighted by atomic mass is 10.2. The standard InChI is InChI=1S/C28H32N4O4/c1-28(2,3)36-27(34)31(4)23-16-17-32(19-23)22-13-11-21(12-14-22)30-26(33)20-10-15-25(29-18-20)35-24-8-6-5-7-9-24/h5-15,18,23H,16-17,19H2,1-4H3,(H,30,33). The van der Waals surface area contributed by atoms with Gasteiger partial charge in [0.1, 0.15) is 11.4 Å². The van der Waals surface area contributed by atoms with Gasteiger partial charge < -0.3 is 24.6 Å². The molecule has 1 saturated heterocycles. The first-order valence-corrected chi connectivity index (χ1v) is 12.0. The highest BCUT2D eigenvalue weighted by molar-refractivity contribution is 6.04. The number of amides is 2. The molecule has 1 aliphatic rings. The Kier molecular flexibility index (Phi) is 7.43. The quantitative estimate of drug-likeness (QED) is 0.488. The van der Waals surface area contributed by atoms with Crippen molar-refractivity contribution < 1.29 is 19.1 Å². The minimum atomic E-state index is -0.516. The minimum Gasteiger partial charge on any atom is -0.444 e. The summed E-state index contributed by atoms with van der Waals surface area (Å²) < 4.78 is 11.2. The van der Waals surface area contributed by atoms with E-state index in [2.05, 4.69) is 15.2 Å². The number of pyridine rings is 1. The maximum absolute atomic E-state index is 12.7. The Morgan fingerprint density at radius 2 is 1.75 bits per heavy atom. The van der Waals surface area contributed by atoms with Gasteiger partial charge in [0.15, 0.2) is 0 Å². The van der Waals surface area contributed by atoms with Crippen molar-refractivity contribution in [1.29, 1.82) is 0 Å². The zero-order chi connectivity index (χ0) is 25.7. The first kappa shape index (κ1) is 25.0. The summed E-state index contributed by atoms with van der Waals surface area (Å²) in [5.41, 5.74) is 1.65. The van der Waals surface area contributed by atoms with Crippen LogP contribution in [0.4, 0.5) is 16.2 Å². The molecule has 1 aliphatic heterocycles. The summed E-state index contributed by atoms with van der Waals surface area (Å²) >= 11 is 0. The highest BCUT2D eigenvalue weighted by Crippen LogP contribution is 2.25. The molecule has 2 aromatic carbocycles. The normalized spacial score (nSPS) is 15.3. The van der Waals surface area contributed by atoms with Gasteiger partial charge in [0.25, 0.3) is 5.91 Å². The van der Waals surface area contributed by atoms with Crippen LogP contribution in [0.15, 0.2) is 72.9 Å². The van der Waals surface area contributed by atoms with Crippen LogP contribution in [0.2, 0.25) is 0 Å². The van der Waals surface area contributed by atoms with Crippen molar-refractivity contribution in [2.24, 2.45) is 0 Å². The van der Waals surface area contributed by atoms with Crippen LogP contribution in [0.1, 0.15) is 37.6 Å². The van der Waals surface area contributed by atoms with Crippen LogP contribution in [0, 0.1) is 0 Å². The highest BCUT2D eigenvalue weighted by Gasteiger charge is 2.31. The van der Waals surface area contributed by atoms with Crippen LogP contribution < -0.4 is 15.0 Å². The predicted octanol–water partition coefficient (Wildman–Crippen LogP) is 5.57. The summed E-state index contributed by atoms with van der Waals surface area (Å²) in [4.78, 5) is 33.2. The number of aromatic nitrogens is 1. The SMILES string of the molecule is CN(C(=O)OC(C)(C)C)C1CCN(c2ccc(NC(=O)c3ccc(Oc4ccccc4)nc3)cc2)C1. The number of benzene rings is 2. The Morgan fingerprint density at radius 3 is 2.39 bits per heavy atom. The third-order valence-electron chi connectivity index (χ3n) is 5.85. The van der Waals surface area contributed by atoms with Crippen molar-refractivity contribution >= 4 is 23.4 Å². The van der Waals surface area contributed by atoms with Crippen molar-refractivity contribution in [1.82, 2.24) is 9.88 Å². The summed E-state index contributed by atoms with van der Waals surface area (Å²) in [6.07, 6.45) is 2.06. The molecule has 1 aromatic heterocycles. The number of rotatable bonds is 6. The van der Waals surface area contributed by atoms with Crippen molar-refractivity contribution in [3.63, 3.8) is 0 Å². The molecule has 2 amide bonds. The first-order valence-electron chi connectivity index (χ1n) is 12.0. The molecule has 188 valence electrons. The fraction of sp³-hybridized carbons (Fsp3) is 0.321. The molecule has 36 heavy (non-hydrogen) atoms. The molecule has 3 aromatic rings. The van der Waals surface area contributed by atoms with Gasteiger partial charge >= 0.3 is 6.09 Å². The maximum Gasteiger partial charge on any atom is 0.410 e. The van der Waals surface area contributed by atoms with Gasteiger partial charge in [-0.25, -0.2) is 9.78 Å². The molecule has 0 saturated carbocycles. The first-order chi connectivity index (χ1) is 17.2. The molecular formula is C28H32N4O4. The Balaban J connectivity index is 1.30.